The fraction of sp³-hybridized carbons (Fsp3) is 0.125. The molecule has 1 aliphatic rings. The van der Waals surface area contributed by atoms with E-state index in [0.717, 1.165) is 0 Å². The summed E-state index contributed by atoms with van der Waals surface area (Å²) in [7, 11) is 0. The van der Waals surface area contributed by atoms with E-state index in [4.69, 9.17) is 15.0 Å². The maximum Gasteiger partial charge on any atom is 2.00 e. The van der Waals surface area contributed by atoms with Gasteiger partial charge in [-0.05, 0) is 12.2 Å². The van der Waals surface area contributed by atoms with Gasteiger partial charge in [0.25, 0.3) is 0 Å². The van der Waals surface area contributed by atoms with Crippen molar-refractivity contribution < 1.29 is 44.1 Å². The van der Waals surface area contributed by atoms with Gasteiger partial charge in [0, 0.05) is 6.42 Å². The van der Waals surface area contributed by atoms with Gasteiger partial charge in [0.15, 0.2) is 0 Å². The van der Waals surface area contributed by atoms with Crippen molar-refractivity contribution in [2.75, 3.05) is 0 Å². The van der Waals surface area contributed by atoms with E-state index >= 15 is 0 Å². The third-order valence-corrected chi connectivity index (χ3v) is 1.07. The van der Waals surface area contributed by atoms with Crippen LogP contribution in [0.4, 0.5) is 4.79 Å². The second kappa shape index (κ2) is 8.32. The maximum atomic E-state index is 10.6. The van der Waals surface area contributed by atoms with Gasteiger partial charge in [-0.1, -0.05) is 18.2 Å². The normalized spacial score (nSPS) is 13.4. The molecule has 0 unspecified atom stereocenters. The Balaban J connectivity index is 0. The molecule has 0 atom stereocenters. The molecule has 0 N–H and O–H groups in total. The standard InChI is InChI=1S/C7H6O2.CH2O3.Zn/c8-6-4-2-1-3-5-7(6)9;2-1(3)4;/h1-4H,5H2;(H2,2,3,4);/q;;+2/p-2. The number of hydrogen-bond acceptors (Lipinski definition) is 5. The predicted octanol–water partition coefficient (Wildman–Crippen LogP) is -1.81. The van der Waals surface area contributed by atoms with Crippen molar-refractivity contribution in [3.63, 3.8) is 0 Å². The summed E-state index contributed by atoms with van der Waals surface area (Å²) < 4.78 is 0. The number of carbonyl (C=O) groups is 3. The van der Waals surface area contributed by atoms with Gasteiger partial charge in [-0.3, -0.25) is 9.59 Å². The first kappa shape index (κ1) is 15.2. The third kappa shape index (κ3) is 8.81. The van der Waals surface area contributed by atoms with Crippen LogP contribution in [0, 0.1) is 0 Å². The zero-order valence-corrected chi connectivity index (χ0v) is 10.2. The molecule has 0 bridgehead atoms. The molecule has 6 heteroatoms. The Morgan fingerprint density at radius 2 is 1.71 bits per heavy atom. The van der Waals surface area contributed by atoms with E-state index in [-0.39, 0.29) is 31.7 Å². The summed E-state index contributed by atoms with van der Waals surface area (Å²) in [6, 6.07) is 0. The molecule has 0 aromatic carbocycles. The molecule has 0 aromatic heterocycles. The van der Waals surface area contributed by atoms with E-state index in [1.807, 2.05) is 0 Å². The Morgan fingerprint density at radius 1 is 1.21 bits per heavy atom. The summed E-state index contributed by atoms with van der Waals surface area (Å²) in [6.07, 6.45) is 4.14. The maximum absolute atomic E-state index is 10.6. The van der Waals surface area contributed by atoms with Crippen molar-refractivity contribution in [3.8, 4) is 0 Å². The number of carboxylic acid groups (broad SMARTS) is 2. The van der Waals surface area contributed by atoms with Crippen LogP contribution >= 0.6 is 0 Å². The molecular formula is C8H6O5Zn. The van der Waals surface area contributed by atoms with E-state index in [9.17, 15) is 9.59 Å². The fourth-order valence-corrected chi connectivity index (χ4v) is 0.590. The van der Waals surface area contributed by atoms with Crippen molar-refractivity contribution in [1.82, 2.24) is 0 Å². The predicted molar refractivity (Wildman–Crippen MR) is 38.3 cm³/mol. The van der Waals surface area contributed by atoms with Crippen LogP contribution in [0.5, 0.6) is 0 Å². The Bertz CT molecular complexity index is 275. The molecule has 14 heavy (non-hydrogen) atoms. The molecule has 0 spiro atoms. The quantitative estimate of drug-likeness (QED) is 0.371. The molecule has 1 aliphatic carbocycles. The Morgan fingerprint density at radius 3 is 2.21 bits per heavy atom. The number of allylic oxidation sites excluding steroid dienone is 4. The van der Waals surface area contributed by atoms with Crippen molar-refractivity contribution >= 4 is 17.7 Å². The van der Waals surface area contributed by atoms with Crippen molar-refractivity contribution in [2.24, 2.45) is 0 Å². The number of rotatable bonds is 0. The number of hydrogen-bond donors (Lipinski definition) is 0. The minimum Gasteiger partial charge on any atom is -0.652 e. The molecule has 0 aliphatic heterocycles. The summed E-state index contributed by atoms with van der Waals surface area (Å²) in [5.74, 6) is -0.736. The summed E-state index contributed by atoms with van der Waals surface area (Å²) in [4.78, 5) is 29.4. The summed E-state index contributed by atoms with van der Waals surface area (Å²) in [6.45, 7) is 0. The summed E-state index contributed by atoms with van der Waals surface area (Å²) in [5.41, 5.74) is 0. The fourth-order valence-electron chi connectivity index (χ4n) is 0.590. The van der Waals surface area contributed by atoms with Gasteiger partial charge in [0.1, 0.15) is 0 Å². The molecule has 0 aromatic rings. The zero-order chi connectivity index (χ0) is 10.3. The number of ketones is 2. The average Bonchev–Trinajstić information content (AvgIpc) is 2.16. The van der Waals surface area contributed by atoms with Crippen LogP contribution < -0.4 is 10.2 Å². The van der Waals surface area contributed by atoms with Gasteiger partial charge in [-0.25, -0.2) is 0 Å². The van der Waals surface area contributed by atoms with Crippen molar-refractivity contribution in [1.29, 1.82) is 0 Å². The Kier molecular flexibility index (Phi) is 9.03. The van der Waals surface area contributed by atoms with E-state index in [0.29, 0.717) is 0 Å². The topological polar surface area (TPSA) is 97.3 Å². The molecule has 0 saturated carbocycles. The number of Topliss-reactive ketones (excluding diaryl/α,β-unsaturated/α-hetero) is 1. The van der Waals surface area contributed by atoms with E-state index in [1.54, 1.807) is 18.2 Å². The summed E-state index contributed by atoms with van der Waals surface area (Å²) >= 11 is 0. The SMILES string of the molecule is O=C([O-])[O-].O=C1C=CC=CCC1=O.[Zn+2]. The minimum absolute atomic E-state index is 0. The van der Waals surface area contributed by atoms with Gasteiger partial charge in [-0.2, -0.15) is 0 Å². The Labute approximate surface area is 92.9 Å². The van der Waals surface area contributed by atoms with Gasteiger partial charge >= 0.3 is 19.5 Å². The smallest absolute Gasteiger partial charge is 0.652 e. The molecule has 0 radical (unpaired) electrons. The molecular weight excluding hydrogens is 241 g/mol. The van der Waals surface area contributed by atoms with Crippen molar-refractivity contribution in [2.45, 2.75) is 6.42 Å². The molecule has 0 amide bonds. The van der Waals surface area contributed by atoms with Crippen LogP contribution in [-0.4, -0.2) is 17.7 Å². The molecule has 0 heterocycles. The molecule has 70 valence electrons. The first-order valence-electron chi connectivity index (χ1n) is 3.32. The van der Waals surface area contributed by atoms with Crippen LogP contribution in [0.3, 0.4) is 0 Å². The average molecular weight is 248 g/mol. The van der Waals surface area contributed by atoms with Gasteiger partial charge in [0.05, 0.1) is 0 Å². The molecule has 0 saturated heterocycles. The third-order valence-electron chi connectivity index (χ3n) is 1.07. The first-order valence-corrected chi connectivity index (χ1v) is 3.32. The van der Waals surface area contributed by atoms with E-state index in [2.05, 4.69) is 0 Å². The van der Waals surface area contributed by atoms with Crippen LogP contribution in [-0.2, 0) is 29.1 Å². The first-order chi connectivity index (χ1) is 6.04. The Hall–Kier alpha value is -1.29. The van der Waals surface area contributed by atoms with Crippen LogP contribution in [0.25, 0.3) is 0 Å². The number of carbonyl (C=O) groups excluding carboxylic acids is 3. The second-order valence-corrected chi connectivity index (χ2v) is 2.03. The largest absolute Gasteiger partial charge is 2.00 e. The van der Waals surface area contributed by atoms with Crippen LogP contribution in [0.15, 0.2) is 24.3 Å². The van der Waals surface area contributed by atoms with E-state index < -0.39 is 11.9 Å². The van der Waals surface area contributed by atoms with Crippen LogP contribution in [0.2, 0.25) is 0 Å². The van der Waals surface area contributed by atoms with E-state index in [1.165, 1.54) is 6.08 Å². The summed E-state index contributed by atoms with van der Waals surface area (Å²) in [5, 5.41) is 16.7. The molecule has 5 nitrogen and oxygen atoms in total. The van der Waals surface area contributed by atoms with Gasteiger partial charge in [-0.15, -0.1) is 0 Å². The minimum atomic E-state index is -2.33. The van der Waals surface area contributed by atoms with Gasteiger partial charge < -0.3 is 15.0 Å². The zero-order valence-electron chi connectivity index (χ0n) is 7.26. The monoisotopic (exact) mass is 246 g/mol. The van der Waals surface area contributed by atoms with Gasteiger partial charge in [0.2, 0.25) is 11.6 Å². The second-order valence-electron chi connectivity index (χ2n) is 2.03. The van der Waals surface area contributed by atoms with Crippen LogP contribution in [0.1, 0.15) is 6.42 Å². The molecule has 0 fully saturated rings. The van der Waals surface area contributed by atoms with Crippen molar-refractivity contribution in [3.05, 3.63) is 24.3 Å². The molecule has 1 rings (SSSR count).